The van der Waals surface area contributed by atoms with Crippen LogP contribution in [0.5, 0.6) is 0 Å². The maximum atomic E-state index is 11.0. The first-order chi connectivity index (χ1) is 6.61. The molecule has 0 aliphatic carbocycles. The summed E-state index contributed by atoms with van der Waals surface area (Å²) >= 11 is 0. The van der Waals surface area contributed by atoms with Crippen molar-refractivity contribution in [1.29, 1.82) is 0 Å². The Labute approximate surface area is 84.5 Å². The molecule has 0 heterocycles. The molecule has 0 saturated heterocycles. The van der Waals surface area contributed by atoms with E-state index >= 15 is 0 Å². The number of benzene rings is 1. The predicted molar refractivity (Wildman–Crippen MR) is 56.7 cm³/mol. The maximum absolute atomic E-state index is 11.0. The van der Waals surface area contributed by atoms with E-state index in [0.717, 1.165) is 5.56 Å². The summed E-state index contributed by atoms with van der Waals surface area (Å²) < 4.78 is 0. The van der Waals surface area contributed by atoms with Gasteiger partial charge < -0.3 is 10.6 Å². The van der Waals surface area contributed by atoms with Gasteiger partial charge in [-0.05, 0) is 5.56 Å². The number of hydrogen-bond acceptors (Lipinski definition) is 2. The van der Waals surface area contributed by atoms with Crippen LogP contribution in [0.3, 0.4) is 0 Å². The van der Waals surface area contributed by atoms with Crippen molar-refractivity contribution in [3.8, 4) is 0 Å². The Morgan fingerprint density at radius 1 is 1.43 bits per heavy atom. The van der Waals surface area contributed by atoms with Gasteiger partial charge in [0.2, 0.25) is 5.91 Å². The van der Waals surface area contributed by atoms with E-state index in [1.165, 1.54) is 6.92 Å². The molecule has 76 valence electrons. The van der Waals surface area contributed by atoms with Crippen LogP contribution in [0.15, 0.2) is 30.3 Å². The minimum atomic E-state index is -0.106. The molecule has 0 aliphatic rings. The van der Waals surface area contributed by atoms with Crippen molar-refractivity contribution < 1.29 is 4.79 Å². The Morgan fingerprint density at radius 2 is 2.00 bits per heavy atom. The summed E-state index contributed by atoms with van der Waals surface area (Å²) in [7, 11) is 1.76. The van der Waals surface area contributed by atoms with Crippen molar-refractivity contribution in [1.82, 2.24) is 4.90 Å². The fourth-order valence-corrected chi connectivity index (χ4v) is 1.23. The molecule has 2 N–H and O–H groups in total. The van der Waals surface area contributed by atoms with E-state index in [4.69, 9.17) is 5.73 Å². The second kappa shape index (κ2) is 4.77. The molecule has 0 aromatic heterocycles. The molecule has 1 rings (SSSR count). The lowest BCUT2D eigenvalue weighted by molar-refractivity contribution is -0.127. The summed E-state index contributed by atoms with van der Waals surface area (Å²) in [5, 5.41) is 0. The van der Waals surface area contributed by atoms with E-state index in [-0.39, 0.29) is 11.9 Å². The topological polar surface area (TPSA) is 46.3 Å². The zero-order valence-electron chi connectivity index (χ0n) is 8.60. The quantitative estimate of drug-likeness (QED) is 0.781. The van der Waals surface area contributed by atoms with Gasteiger partial charge in [-0.25, -0.2) is 0 Å². The summed E-state index contributed by atoms with van der Waals surface area (Å²) in [4.78, 5) is 12.6. The Balaban J connectivity index is 2.59. The number of rotatable bonds is 3. The van der Waals surface area contributed by atoms with Crippen molar-refractivity contribution in [3.63, 3.8) is 0 Å². The van der Waals surface area contributed by atoms with Gasteiger partial charge in [0.1, 0.15) is 0 Å². The van der Waals surface area contributed by atoms with Crippen LogP contribution in [0.25, 0.3) is 0 Å². The molecular weight excluding hydrogens is 176 g/mol. The first-order valence-electron chi connectivity index (χ1n) is 4.63. The standard InChI is InChI=1S/C11H16N2O/c1-9(14)13(2)8-11(12)10-6-4-3-5-7-10/h3-7,11H,8,12H2,1-2H3. The van der Waals surface area contributed by atoms with Crippen molar-refractivity contribution >= 4 is 5.91 Å². The Hall–Kier alpha value is -1.35. The zero-order chi connectivity index (χ0) is 10.6. The molecule has 14 heavy (non-hydrogen) atoms. The lowest BCUT2D eigenvalue weighted by Gasteiger charge is -2.20. The second-order valence-electron chi connectivity index (χ2n) is 3.42. The average molecular weight is 192 g/mol. The molecule has 0 radical (unpaired) electrons. The average Bonchev–Trinajstić information content (AvgIpc) is 2.19. The first kappa shape index (κ1) is 10.7. The van der Waals surface area contributed by atoms with Crippen molar-refractivity contribution in [2.24, 2.45) is 5.73 Å². The number of nitrogens with zero attached hydrogens (tertiary/aromatic N) is 1. The third kappa shape index (κ3) is 2.85. The van der Waals surface area contributed by atoms with Crippen LogP contribution in [0.2, 0.25) is 0 Å². The summed E-state index contributed by atoms with van der Waals surface area (Å²) in [6, 6.07) is 9.68. The monoisotopic (exact) mass is 192 g/mol. The van der Waals surface area contributed by atoms with Crippen LogP contribution in [0.4, 0.5) is 0 Å². The van der Waals surface area contributed by atoms with E-state index < -0.39 is 0 Å². The highest BCUT2D eigenvalue weighted by molar-refractivity contribution is 5.72. The van der Waals surface area contributed by atoms with Crippen LogP contribution in [-0.2, 0) is 4.79 Å². The summed E-state index contributed by atoms with van der Waals surface area (Å²) in [5.41, 5.74) is 7.00. The molecule has 1 atom stereocenters. The van der Waals surface area contributed by atoms with Gasteiger partial charge in [-0.3, -0.25) is 4.79 Å². The largest absolute Gasteiger partial charge is 0.344 e. The van der Waals surface area contributed by atoms with Crippen LogP contribution >= 0.6 is 0 Å². The Bertz CT molecular complexity index is 297. The van der Waals surface area contributed by atoms with E-state index in [0.29, 0.717) is 6.54 Å². The molecule has 3 heteroatoms. The van der Waals surface area contributed by atoms with Gasteiger partial charge in [0.05, 0.1) is 0 Å². The van der Waals surface area contributed by atoms with Gasteiger partial charge in [-0.2, -0.15) is 0 Å². The zero-order valence-corrected chi connectivity index (χ0v) is 8.60. The Kier molecular flexibility index (Phi) is 3.65. The van der Waals surface area contributed by atoms with Crippen LogP contribution in [0, 0.1) is 0 Å². The van der Waals surface area contributed by atoms with E-state index in [1.54, 1.807) is 11.9 Å². The van der Waals surface area contributed by atoms with Gasteiger partial charge in [0.25, 0.3) is 0 Å². The number of hydrogen-bond donors (Lipinski definition) is 1. The Morgan fingerprint density at radius 3 is 2.50 bits per heavy atom. The maximum Gasteiger partial charge on any atom is 0.219 e. The van der Waals surface area contributed by atoms with Crippen molar-refractivity contribution in [2.75, 3.05) is 13.6 Å². The number of carbonyl (C=O) groups is 1. The van der Waals surface area contributed by atoms with E-state index in [1.807, 2.05) is 30.3 Å². The van der Waals surface area contributed by atoms with E-state index in [2.05, 4.69) is 0 Å². The number of amides is 1. The van der Waals surface area contributed by atoms with Gasteiger partial charge in [-0.1, -0.05) is 30.3 Å². The molecule has 1 unspecified atom stereocenters. The molecule has 3 nitrogen and oxygen atoms in total. The van der Waals surface area contributed by atoms with Crippen LogP contribution < -0.4 is 5.73 Å². The third-order valence-corrected chi connectivity index (χ3v) is 2.24. The molecule has 0 fully saturated rings. The van der Waals surface area contributed by atoms with Crippen molar-refractivity contribution in [2.45, 2.75) is 13.0 Å². The highest BCUT2D eigenvalue weighted by Gasteiger charge is 2.10. The second-order valence-corrected chi connectivity index (χ2v) is 3.42. The lowest BCUT2D eigenvalue weighted by atomic mass is 10.1. The normalized spacial score (nSPS) is 12.2. The highest BCUT2D eigenvalue weighted by atomic mass is 16.2. The fraction of sp³-hybridized carbons (Fsp3) is 0.364. The molecule has 0 aliphatic heterocycles. The lowest BCUT2D eigenvalue weighted by Crippen LogP contribution is -2.32. The molecule has 1 amide bonds. The van der Waals surface area contributed by atoms with Gasteiger partial charge in [-0.15, -0.1) is 0 Å². The molecule has 0 bridgehead atoms. The van der Waals surface area contributed by atoms with Crippen LogP contribution in [-0.4, -0.2) is 24.4 Å². The smallest absolute Gasteiger partial charge is 0.219 e. The molecule has 0 spiro atoms. The SMILES string of the molecule is CC(=O)N(C)CC(N)c1ccccc1. The first-order valence-corrected chi connectivity index (χ1v) is 4.63. The fourth-order valence-electron chi connectivity index (χ4n) is 1.23. The van der Waals surface area contributed by atoms with Gasteiger partial charge in [0, 0.05) is 26.6 Å². The number of nitrogens with two attached hydrogens (primary N) is 1. The number of carbonyl (C=O) groups excluding carboxylic acids is 1. The summed E-state index contributed by atoms with van der Waals surface area (Å²) in [5.74, 6) is 0.0383. The highest BCUT2D eigenvalue weighted by Crippen LogP contribution is 2.10. The summed E-state index contributed by atoms with van der Waals surface area (Å²) in [6.07, 6.45) is 0. The molecular formula is C11H16N2O. The summed E-state index contributed by atoms with van der Waals surface area (Å²) in [6.45, 7) is 2.09. The predicted octanol–water partition coefficient (Wildman–Crippen LogP) is 1.16. The molecule has 1 aromatic carbocycles. The minimum absolute atomic E-state index is 0.0383. The number of likely N-dealkylation sites (N-methyl/N-ethyl adjacent to an activating group) is 1. The van der Waals surface area contributed by atoms with Crippen molar-refractivity contribution in [3.05, 3.63) is 35.9 Å². The molecule has 1 aromatic rings. The van der Waals surface area contributed by atoms with Crippen LogP contribution in [0.1, 0.15) is 18.5 Å². The van der Waals surface area contributed by atoms with E-state index in [9.17, 15) is 4.79 Å². The van der Waals surface area contributed by atoms with Gasteiger partial charge in [0.15, 0.2) is 0 Å². The third-order valence-electron chi connectivity index (χ3n) is 2.24. The minimum Gasteiger partial charge on any atom is -0.344 e. The molecule has 0 saturated carbocycles. The van der Waals surface area contributed by atoms with Gasteiger partial charge >= 0.3 is 0 Å².